The van der Waals surface area contributed by atoms with Crippen molar-refractivity contribution in [2.75, 3.05) is 16.6 Å². The van der Waals surface area contributed by atoms with Gasteiger partial charge in [-0.15, -0.1) is 10.2 Å². The minimum absolute atomic E-state index is 0.0570. The molecule has 0 radical (unpaired) electrons. The molecular formula is C10H12BrN5O2S2. The van der Waals surface area contributed by atoms with E-state index in [4.69, 9.17) is 0 Å². The van der Waals surface area contributed by atoms with Crippen LogP contribution < -0.4 is 10.0 Å². The highest BCUT2D eigenvalue weighted by Crippen LogP contribution is 2.26. The SMILES string of the molecule is CCNc1ncc(Br)cc1S(=O)(=O)Nc1nnc(C)s1. The third-order valence-corrected chi connectivity index (χ3v) is 4.87. The van der Waals surface area contributed by atoms with Crippen LogP contribution in [0.5, 0.6) is 0 Å². The van der Waals surface area contributed by atoms with Gasteiger partial charge in [0.05, 0.1) is 0 Å². The van der Waals surface area contributed by atoms with E-state index in [1.807, 2.05) is 6.92 Å². The number of halogens is 1. The number of sulfonamides is 1. The molecule has 0 atom stereocenters. The second-order valence-electron chi connectivity index (χ2n) is 3.76. The number of rotatable bonds is 5. The van der Waals surface area contributed by atoms with Crippen LogP contribution in [0.4, 0.5) is 10.9 Å². The van der Waals surface area contributed by atoms with Crippen molar-refractivity contribution >= 4 is 48.2 Å². The van der Waals surface area contributed by atoms with Crippen LogP contribution in [0.3, 0.4) is 0 Å². The summed E-state index contributed by atoms with van der Waals surface area (Å²) in [5.41, 5.74) is 0. The predicted octanol–water partition coefficient (Wildman–Crippen LogP) is 2.24. The Morgan fingerprint density at radius 2 is 2.15 bits per heavy atom. The molecule has 0 aliphatic heterocycles. The second kappa shape index (κ2) is 6.02. The Kier molecular flexibility index (Phi) is 4.55. The molecular weight excluding hydrogens is 366 g/mol. The Bertz CT molecular complexity index is 716. The highest BCUT2D eigenvalue weighted by Gasteiger charge is 2.21. The molecule has 0 bridgehead atoms. The first-order valence-electron chi connectivity index (χ1n) is 5.64. The van der Waals surface area contributed by atoms with Gasteiger partial charge in [-0.05, 0) is 35.8 Å². The molecule has 0 amide bonds. The van der Waals surface area contributed by atoms with Crippen LogP contribution in [0.25, 0.3) is 0 Å². The molecule has 20 heavy (non-hydrogen) atoms. The van der Waals surface area contributed by atoms with E-state index in [9.17, 15) is 8.42 Å². The van der Waals surface area contributed by atoms with Gasteiger partial charge in [-0.25, -0.2) is 13.4 Å². The molecule has 7 nitrogen and oxygen atoms in total. The van der Waals surface area contributed by atoms with Gasteiger partial charge in [0.15, 0.2) is 0 Å². The van der Waals surface area contributed by atoms with E-state index < -0.39 is 10.0 Å². The predicted molar refractivity (Wildman–Crippen MR) is 81.6 cm³/mol. The average Bonchev–Trinajstić information content (AvgIpc) is 2.76. The summed E-state index contributed by atoms with van der Waals surface area (Å²) in [5, 5.41) is 11.3. The number of aromatic nitrogens is 3. The molecule has 2 aromatic rings. The molecule has 2 rings (SSSR count). The lowest BCUT2D eigenvalue weighted by molar-refractivity contribution is 0.601. The van der Waals surface area contributed by atoms with E-state index in [1.165, 1.54) is 23.6 Å². The summed E-state index contributed by atoms with van der Waals surface area (Å²) in [6, 6.07) is 1.49. The van der Waals surface area contributed by atoms with Gasteiger partial charge in [-0.3, -0.25) is 4.72 Å². The fraction of sp³-hybridized carbons (Fsp3) is 0.300. The lowest BCUT2D eigenvalue weighted by Crippen LogP contribution is -2.16. The molecule has 0 aliphatic rings. The molecule has 0 aromatic carbocycles. The van der Waals surface area contributed by atoms with Crippen LogP contribution in [0.2, 0.25) is 0 Å². The zero-order valence-corrected chi connectivity index (χ0v) is 13.9. The van der Waals surface area contributed by atoms with Gasteiger partial charge in [0, 0.05) is 17.2 Å². The average molecular weight is 378 g/mol. The van der Waals surface area contributed by atoms with Gasteiger partial charge in [0.25, 0.3) is 10.0 Å². The van der Waals surface area contributed by atoms with Crippen LogP contribution in [0.1, 0.15) is 11.9 Å². The molecule has 2 N–H and O–H groups in total. The van der Waals surface area contributed by atoms with Crippen LogP contribution in [-0.4, -0.2) is 30.1 Å². The molecule has 2 aromatic heterocycles. The van der Waals surface area contributed by atoms with Gasteiger partial charge < -0.3 is 5.32 Å². The molecule has 0 spiro atoms. The van der Waals surface area contributed by atoms with Crippen molar-refractivity contribution < 1.29 is 8.42 Å². The van der Waals surface area contributed by atoms with Crippen molar-refractivity contribution in [3.8, 4) is 0 Å². The summed E-state index contributed by atoms with van der Waals surface area (Å²) in [6.07, 6.45) is 1.53. The van der Waals surface area contributed by atoms with Crippen LogP contribution >= 0.6 is 27.3 Å². The van der Waals surface area contributed by atoms with E-state index in [2.05, 4.69) is 41.2 Å². The van der Waals surface area contributed by atoms with E-state index in [1.54, 1.807) is 6.92 Å². The largest absolute Gasteiger partial charge is 0.369 e. The first kappa shape index (κ1) is 15.1. The van der Waals surface area contributed by atoms with E-state index in [0.29, 0.717) is 21.8 Å². The number of nitrogens with one attached hydrogen (secondary N) is 2. The number of anilines is 2. The van der Waals surface area contributed by atoms with Crippen molar-refractivity contribution in [2.24, 2.45) is 0 Å². The van der Waals surface area contributed by atoms with E-state index in [-0.39, 0.29) is 10.0 Å². The van der Waals surface area contributed by atoms with Crippen molar-refractivity contribution in [1.29, 1.82) is 0 Å². The summed E-state index contributed by atoms with van der Waals surface area (Å²) in [4.78, 5) is 4.13. The highest BCUT2D eigenvalue weighted by atomic mass is 79.9. The molecule has 0 fully saturated rings. The van der Waals surface area contributed by atoms with Crippen LogP contribution in [0.15, 0.2) is 21.6 Å². The monoisotopic (exact) mass is 377 g/mol. The van der Waals surface area contributed by atoms with Crippen molar-refractivity contribution in [2.45, 2.75) is 18.7 Å². The quantitative estimate of drug-likeness (QED) is 0.828. The Balaban J connectivity index is 2.40. The highest BCUT2D eigenvalue weighted by molar-refractivity contribution is 9.10. The fourth-order valence-electron chi connectivity index (χ4n) is 1.43. The molecule has 0 saturated carbocycles. The van der Waals surface area contributed by atoms with Gasteiger partial charge in [-0.1, -0.05) is 11.3 Å². The van der Waals surface area contributed by atoms with Gasteiger partial charge in [0.2, 0.25) is 5.13 Å². The Morgan fingerprint density at radius 1 is 1.40 bits per heavy atom. The standard InChI is InChI=1S/C10H12BrN5O2S2/c1-3-12-9-8(4-7(11)5-13-9)20(17,18)16-10-15-14-6(2)19-10/h4-5H,3H2,1-2H3,(H,12,13)(H,15,16). The normalized spacial score (nSPS) is 11.3. The number of nitrogens with zero attached hydrogens (tertiary/aromatic N) is 3. The summed E-state index contributed by atoms with van der Waals surface area (Å²) in [7, 11) is -3.77. The van der Waals surface area contributed by atoms with Gasteiger partial charge >= 0.3 is 0 Å². The summed E-state index contributed by atoms with van der Waals surface area (Å²) >= 11 is 4.39. The number of hydrogen-bond donors (Lipinski definition) is 2. The van der Waals surface area contributed by atoms with Gasteiger partial charge in [0.1, 0.15) is 15.7 Å². The smallest absolute Gasteiger partial charge is 0.267 e. The zero-order valence-electron chi connectivity index (χ0n) is 10.7. The van der Waals surface area contributed by atoms with Crippen LogP contribution in [-0.2, 0) is 10.0 Å². The summed E-state index contributed by atoms with van der Waals surface area (Å²) in [5.74, 6) is 0.296. The maximum Gasteiger partial charge on any atom is 0.267 e. The van der Waals surface area contributed by atoms with Crippen molar-refractivity contribution in [1.82, 2.24) is 15.2 Å². The molecule has 0 saturated heterocycles. The fourth-order valence-corrected chi connectivity index (χ4v) is 3.90. The summed E-state index contributed by atoms with van der Waals surface area (Å²) in [6.45, 7) is 4.18. The minimum atomic E-state index is -3.77. The maximum atomic E-state index is 12.4. The van der Waals surface area contributed by atoms with E-state index in [0.717, 1.165) is 0 Å². The lowest BCUT2D eigenvalue weighted by atomic mass is 10.4. The Labute approximate surface area is 129 Å². The second-order valence-corrected chi connectivity index (χ2v) is 7.51. The van der Waals surface area contributed by atoms with Crippen LogP contribution in [0, 0.1) is 6.92 Å². The topological polar surface area (TPSA) is 96.9 Å². The van der Waals surface area contributed by atoms with Gasteiger partial charge in [-0.2, -0.15) is 0 Å². The summed E-state index contributed by atoms with van der Waals surface area (Å²) < 4.78 is 27.7. The Hall–Kier alpha value is -1.26. The first-order chi connectivity index (χ1) is 9.42. The van der Waals surface area contributed by atoms with Crippen molar-refractivity contribution in [3.63, 3.8) is 0 Å². The van der Waals surface area contributed by atoms with Crippen molar-refractivity contribution in [3.05, 3.63) is 21.7 Å². The molecule has 0 aliphatic carbocycles. The lowest BCUT2D eigenvalue weighted by Gasteiger charge is -2.10. The zero-order chi connectivity index (χ0) is 14.8. The molecule has 108 valence electrons. The van der Waals surface area contributed by atoms with E-state index >= 15 is 0 Å². The maximum absolute atomic E-state index is 12.4. The Morgan fingerprint density at radius 3 is 2.75 bits per heavy atom. The number of hydrogen-bond acceptors (Lipinski definition) is 7. The third kappa shape index (κ3) is 3.44. The molecule has 10 heteroatoms. The first-order valence-corrected chi connectivity index (χ1v) is 8.74. The molecule has 2 heterocycles. The molecule has 0 unspecified atom stereocenters. The number of aryl methyl sites for hydroxylation is 1. The minimum Gasteiger partial charge on any atom is -0.369 e. The number of pyridine rings is 1. The third-order valence-electron chi connectivity index (χ3n) is 2.20.